The van der Waals surface area contributed by atoms with Crippen molar-refractivity contribution >= 4 is 22.5 Å². The highest BCUT2D eigenvalue weighted by Crippen LogP contribution is 2.35. The van der Waals surface area contributed by atoms with Gasteiger partial charge < -0.3 is 15.0 Å². The van der Waals surface area contributed by atoms with Crippen molar-refractivity contribution in [3.63, 3.8) is 0 Å². The van der Waals surface area contributed by atoms with Gasteiger partial charge in [-0.3, -0.25) is 0 Å². The number of ether oxygens (including phenoxy) is 1. The molecule has 3 aromatic rings. The number of halogens is 2. The Labute approximate surface area is 145 Å². The minimum Gasteiger partial charge on any atom is -0.488 e. The lowest BCUT2D eigenvalue weighted by Gasteiger charge is -2.12. The third-order valence-corrected chi connectivity index (χ3v) is 4.49. The van der Waals surface area contributed by atoms with Crippen LogP contribution in [0.2, 0.25) is 5.02 Å². The first-order valence-electron chi connectivity index (χ1n) is 7.85. The molecule has 0 radical (unpaired) electrons. The average molecular weight is 347 g/mol. The summed E-state index contributed by atoms with van der Waals surface area (Å²) in [7, 11) is 1.90. The fourth-order valence-electron chi connectivity index (χ4n) is 2.84. The van der Waals surface area contributed by atoms with Gasteiger partial charge in [-0.05, 0) is 41.8 Å². The SMILES string of the molecule is CC(CN)c1cn(C)c2cc(F)cc(OCc3ccc(Cl)cc3)c12. The van der Waals surface area contributed by atoms with E-state index in [1.807, 2.05) is 42.1 Å². The Bertz CT molecular complexity index is 858. The molecule has 0 spiro atoms. The summed E-state index contributed by atoms with van der Waals surface area (Å²) in [5, 5.41) is 1.60. The van der Waals surface area contributed by atoms with Gasteiger partial charge in [0.2, 0.25) is 0 Å². The first-order valence-corrected chi connectivity index (χ1v) is 8.23. The van der Waals surface area contributed by atoms with Crippen LogP contribution >= 0.6 is 11.6 Å². The van der Waals surface area contributed by atoms with Crippen LogP contribution in [0.1, 0.15) is 24.0 Å². The lowest BCUT2D eigenvalue weighted by Crippen LogP contribution is -2.08. The summed E-state index contributed by atoms with van der Waals surface area (Å²) in [6, 6.07) is 10.4. The molecule has 126 valence electrons. The molecule has 0 saturated heterocycles. The number of fused-ring (bicyclic) bond motifs is 1. The van der Waals surface area contributed by atoms with E-state index in [1.165, 1.54) is 12.1 Å². The molecule has 0 aliphatic carbocycles. The maximum atomic E-state index is 14.0. The standard InChI is InChI=1S/C19H20ClFN2O/c1-12(9-22)16-10-23(2)17-7-15(21)8-18(19(16)17)24-11-13-3-5-14(20)6-4-13/h3-8,10,12H,9,11,22H2,1-2H3. The smallest absolute Gasteiger partial charge is 0.132 e. The molecule has 0 fully saturated rings. The Kier molecular flexibility index (Phi) is 4.78. The predicted octanol–water partition coefficient (Wildman–Crippen LogP) is 4.61. The molecule has 3 rings (SSSR count). The third-order valence-electron chi connectivity index (χ3n) is 4.24. The Balaban J connectivity index is 2.00. The number of aromatic nitrogens is 1. The fraction of sp³-hybridized carbons (Fsp3) is 0.263. The van der Waals surface area contributed by atoms with Crippen LogP contribution < -0.4 is 10.5 Å². The molecule has 2 N–H and O–H groups in total. The van der Waals surface area contributed by atoms with Crippen LogP contribution in [0.4, 0.5) is 4.39 Å². The molecule has 0 aliphatic rings. The molecule has 1 unspecified atom stereocenters. The second kappa shape index (κ2) is 6.83. The minimum atomic E-state index is -0.318. The van der Waals surface area contributed by atoms with Gasteiger partial charge in [0.1, 0.15) is 18.2 Å². The van der Waals surface area contributed by atoms with E-state index in [1.54, 1.807) is 0 Å². The molecule has 5 heteroatoms. The van der Waals surface area contributed by atoms with E-state index in [0.717, 1.165) is 22.0 Å². The topological polar surface area (TPSA) is 40.2 Å². The van der Waals surface area contributed by atoms with Crippen molar-refractivity contribution in [2.75, 3.05) is 6.54 Å². The van der Waals surface area contributed by atoms with E-state index in [-0.39, 0.29) is 11.7 Å². The monoisotopic (exact) mass is 346 g/mol. The quantitative estimate of drug-likeness (QED) is 0.732. The van der Waals surface area contributed by atoms with Crippen LogP contribution in [0, 0.1) is 5.82 Å². The molecule has 3 nitrogen and oxygen atoms in total. The van der Waals surface area contributed by atoms with Gasteiger partial charge in [-0.15, -0.1) is 0 Å². The second-order valence-corrected chi connectivity index (χ2v) is 6.48. The summed E-state index contributed by atoms with van der Waals surface area (Å²) in [5.74, 6) is 0.384. The highest BCUT2D eigenvalue weighted by molar-refractivity contribution is 6.30. The van der Waals surface area contributed by atoms with Crippen LogP contribution in [0.25, 0.3) is 10.9 Å². The van der Waals surface area contributed by atoms with Crippen molar-refractivity contribution in [2.45, 2.75) is 19.4 Å². The fourth-order valence-corrected chi connectivity index (χ4v) is 2.96. The highest BCUT2D eigenvalue weighted by Gasteiger charge is 2.17. The number of rotatable bonds is 5. The van der Waals surface area contributed by atoms with E-state index >= 15 is 0 Å². The van der Waals surface area contributed by atoms with Crippen molar-refractivity contribution in [1.29, 1.82) is 0 Å². The number of hydrogen-bond donors (Lipinski definition) is 1. The van der Waals surface area contributed by atoms with Gasteiger partial charge in [0, 0.05) is 29.7 Å². The molecular weight excluding hydrogens is 327 g/mol. The van der Waals surface area contributed by atoms with Crippen LogP contribution in [0.15, 0.2) is 42.6 Å². The average Bonchev–Trinajstić information content (AvgIpc) is 2.90. The van der Waals surface area contributed by atoms with E-state index < -0.39 is 0 Å². The van der Waals surface area contributed by atoms with Gasteiger partial charge in [0.15, 0.2) is 0 Å². The summed E-state index contributed by atoms with van der Waals surface area (Å²) < 4.78 is 21.9. The van der Waals surface area contributed by atoms with Gasteiger partial charge >= 0.3 is 0 Å². The molecule has 0 bridgehead atoms. The lowest BCUT2D eigenvalue weighted by molar-refractivity contribution is 0.308. The maximum Gasteiger partial charge on any atom is 0.132 e. The number of nitrogens with two attached hydrogens (primary N) is 1. The van der Waals surface area contributed by atoms with E-state index in [4.69, 9.17) is 22.1 Å². The Morgan fingerprint density at radius 3 is 2.62 bits per heavy atom. The second-order valence-electron chi connectivity index (χ2n) is 6.05. The molecule has 0 aliphatic heterocycles. The first kappa shape index (κ1) is 16.8. The highest BCUT2D eigenvalue weighted by atomic mass is 35.5. The Morgan fingerprint density at radius 2 is 1.96 bits per heavy atom. The summed E-state index contributed by atoms with van der Waals surface area (Å²) in [4.78, 5) is 0. The van der Waals surface area contributed by atoms with Crippen LogP contribution in [-0.4, -0.2) is 11.1 Å². The molecule has 24 heavy (non-hydrogen) atoms. The first-order chi connectivity index (χ1) is 11.5. The van der Waals surface area contributed by atoms with Gasteiger partial charge in [0.25, 0.3) is 0 Å². The molecule has 2 aromatic carbocycles. The summed E-state index contributed by atoms with van der Waals surface area (Å²) in [6.07, 6.45) is 2.00. The molecule has 0 saturated carbocycles. The van der Waals surface area contributed by atoms with Gasteiger partial charge in [-0.25, -0.2) is 4.39 Å². The van der Waals surface area contributed by atoms with E-state index in [0.29, 0.717) is 23.9 Å². The summed E-state index contributed by atoms with van der Waals surface area (Å²) in [5.41, 5.74) is 8.67. The van der Waals surface area contributed by atoms with Crippen molar-refractivity contribution in [2.24, 2.45) is 12.8 Å². The number of benzene rings is 2. The molecule has 1 atom stereocenters. The number of hydrogen-bond acceptors (Lipinski definition) is 2. The van der Waals surface area contributed by atoms with Crippen molar-refractivity contribution in [3.8, 4) is 5.75 Å². The Morgan fingerprint density at radius 1 is 1.25 bits per heavy atom. The zero-order chi connectivity index (χ0) is 17.3. The molecule has 1 heterocycles. The van der Waals surface area contributed by atoms with Gasteiger partial charge in [0.05, 0.1) is 5.52 Å². The molecule has 0 amide bonds. The zero-order valence-corrected chi connectivity index (χ0v) is 14.5. The zero-order valence-electron chi connectivity index (χ0n) is 13.7. The number of aryl methyl sites for hydroxylation is 1. The Hall–Kier alpha value is -2.04. The molecule has 1 aromatic heterocycles. The van der Waals surface area contributed by atoms with Crippen molar-refractivity contribution < 1.29 is 9.13 Å². The maximum absolute atomic E-state index is 14.0. The normalized spacial score (nSPS) is 12.5. The largest absolute Gasteiger partial charge is 0.488 e. The van der Waals surface area contributed by atoms with E-state index in [2.05, 4.69) is 6.92 Å². The molecular formula is C19H20ClFN2O. The van der Waals surface area contributed by atoms with Crippen LogP contribution in [0.5, 0.6) is 5.75 Å². The van der Waals surface area contributed by atoms with E-state index in [9.17, 15) is 4.39 Å². The van der Waals surface area contributed by atoms with Crippen LogP contribution in [0.3, 0.4) is 0 Å². The van der Waals surface area contributed by atoms with Crippen molar-refractivity contribution in [1.82, 2.24) is 4.57 Å². The van der Waals surface area contributed by atoms with Gasteiger partial charge in [-0.2, -0.15) is 0 Å². The summed E-state index contributed by atoms with van der Waals surface area (Å²) in [6.45, 7) is 2.93. The van der Waals surface area contributed by atoms with Gasteiger partial charge in [-0.1, -0.05) is 30.7 Å². The third kappa shape index (κ3) is 3.25. The summed E-state index contributed by atoms with van der Waals surface area (Å²) >= 11 is 5.90. The van der Waals surface area contributed by atoms with Crippen LogP contribution in [-0.2, 0) is 13.7 Å². The number of nitrogens with zero attached hydrogens (tertiary/aromatic N) is 1. The minimum absolute atomic E-state index is 0.164. The predicted molar refractivity (Wildman–Crippen MR) is 96.1 cm³/mol. The van der Waals surface area contributed by atoms with Crippen molar-refractivity contribution in [3.05, 3.63) is 64.6 Å². The lowest BCUT2D eigenvalue weighted by atomic mass is 10.00.